The first-order valence-electron chi connectivity index (χ1n) is 14.4. The van der Waals surface area contributed by atoms with Crippen LogP contribution >= 0.6 is 0 Å². The predicted molar refractivity (Wildman–Crippen MR) is 147 cm³/mol. The molecule has 0 saturated carbocycles. The molecule has 0 bridgehead atoms. The summed E-state index contributed by atoms with van der Waals surface area (Å²) in [5.41, 5.74) is -0.155. The average molecular weight is 539 g/mol. The van der Waals surface area contributed by atoms with E-state index in [9.17, 15) is 14.7 Å². The molecule has 2 atom stereocenters. The molecule has 0 aliphatic carbocycles. The van der Waals surface area contributed by atoms with Gasteiger partial charge in [0.05, 0.1) is 11.1 Å². The fourth-order valence-corrected chi connectivity index (χ4v) is 3.95. The SMILES string of the molecule is CCCCCCCCOC(COC(C)OC(C)OC(=O)c1ccccc1C(=O)O)OCCCCCCCC. The fourth-order valence-electron chi connectivity index (χ4n) is 3.95. The van der Waals surface area contributed by atoms with Crippen LogP contribution in [-0.2, 0) is 23.7 Å². The molecule has 0 heterocycles. The third-order valence-corrected chi connectivity index (χ3v) is 6.10. The molecule has 2 unspecified atom stereocenters. The number of esters is 1. The van der Waals surface area contributed by atoms with Crippen molar-refractivity contribution in [2.45, 2.75) is 124 Å². The molecule has 0 saturated heterocycles. The Kier molecular flexibility index (Phi) is 19.6. The van der Waals surface area contributed by atoms with Crippen molar-refractivity contribution < 1.29 is 38.4 Å². The van der Waals surface area contributed by atoms with Crippen LogP contribution in [0.15, 0.2) is 24.3 Å². The van der Waals surface area contributed by atoms with E-state index in [0.29, 0.717) is 13.2 Å². The Hall–Kier alpha value is -2.00. The van der Waals surface area contributed by atoms with E-state index in [1.807, 2.05) is 0 Å². The lowest BCUT2D eigenvalue weighted by molar-refractivity contribution is -0.247. The largest absolute Gasteiger partial charge is 0.478 e. The molecule has 1 rings (SSSR count). The van der Waals surface area contributed by atoms with Crippen molar-refractivity contribution >= 4 is 11.9 Å². The summed E-state index contributed by atoms with van der Waals surface area (Å²) in [4.78, 5) is 23.8. The molecular formula is C30H50O8. The third-order valence-electron chi connectivity index (χ3n) is 6.10. The highest BCUT2D eigenvalue weighted by atomic mass is 16.8. The van der Waals surface area contributed by atoms with Gasteiger partial charge in [0.1, 0.15) is 6.61 Å². The molecule has 8 heteroatoms. The summed E-state index contributed by atoms with van der Waals surface area (Å²) >= 11 is 0. The minimum absolute atomic E-state index is 0.0322. The van der Waals surface area contributed by atoms with Gasteiger partial charge in [-0.15, -0.1) is 0 Å². The van der Waals surface area contributed by atoms with Crippen LogP contribution in [0.25, 0.3) is 0 Å². The van der Waals surface area contributed by atoms with Crippen LogP contribution < -0.4 is 0 Å². The molecule has 0 spiro atoms. The Morgan fingerprint density at radius 3 is 1.74 bits per heavy atom. The summed E-state index contributed by atoms with van der Waals surface area (Å²) in [6.45, 7) is 9.10. The number of hydrogen-bond donors (Lipinski definition) is 1. The molecule has 0 fully saturated rings. The Morgan fingerprint density at radius 1 is 0.711 bits per heavy atom. The van der Waals surface area contributed by atoms with Crippen LogP contribution in [0.2, 0.25) is 0 Å². The van der Waals surface area contributed by atoms with Crippen molar-refractivity contribution in [2.75, 3.05) is 19.8 Å². The van der Waals surface area contributed by atoms with Gasteiger partial charge in [-0.2, -0.15) is 0 Å². The van der Waals surface area contributed by atoms with Crippen molar-refractivity contribution in [1.82, 2.24) is 0 Å². The van der Waals surface area contributed by atoms with E-state index in [1.54, 1.807) is 26.0 Å². The van der Waals surface area contributed by atoms with Gasteiger partial charge in [0.25, 0.3) is 0 Å². The topological polar surface area (TPSA) is 101 Å². The maximum absolute atomic E-state index is 12.4. The van der Waals surface area contributed by atoms with E-state index in [1.165, 1.54) is 63.5 Å². The van der Waals surface area contributed by atoms with E-state index in [0.717, 1.165) is 25.7 Å². The van der Waals surface area contributed by atoms with E-state index in [-0.39, 0.29) is 17.7 Å². The first kappa shape index (κ1) is 34.0. The number of rotatable bonds is 24. The second kappa shape index (κ2) is 21.9. The molecule has 0 aromatic heterocycles. The highest BCUT2D eigenvalue weighted by molar-refractivity contribution is 6.02. The Bertz CT molecular complexity index is 736. The predicted octanol–water partition coefficient (Wildman–Crippen LogP) is 7.35. The van der Waals surface area contributed by atoms with Crippen LogP contribution in [0, 0.1) is 0 Å². The van der Waals surface area contributed by atoms with Crippen molar-refractivity contribution in [3.63, 3.8) is 0 Å². The second-order valence-corrected chi connectivity index (χ2v) is 9.57. The molecule has 1 aromatic carbocycles. The van der Waals surface area contributed by atoms with Gasteiger partial charge in [0, 0.05) is 13.2 Å². The molecule has 218 valence electrons. The van der Waals surface area contributed by atoms with Crippen LogP contribution in [0.5, 0.6) is 0 Å². The van der Waals surface area contributed by atoms with Crippen molar-refractivity contribution in [3.05, 3.63) is 35.4 Å². The van der Waals surface area contributed by atoms with Crippen molar-refractivity contribution in [2.24, 2.45) is 0 Å². The number of hydrogen-bond acceptors (Lipinski definition) is 7. The highest BCUT2D eigenvalue weighted by Crippen LogP contribution is 2.14. The number of aromatic carboxylic acids is 1. The van der Waals surface area contributed by atoms with Gasteiger partial charge in [-0.25, -0.2) is 9.59 Å². The molecular weight excluding hydrogens is 488 g/mol. The van der Waals surface area contributed by atoms with Crippen LogP contribution in [-0.4, -0.2) is 55.7 Å². The minimum Gasteiger partial charge on any atom is -0.478 e. The maximum Gasteiger partial charge on any atom is 0.341 e. The lowest BCUT2D eigenvalue weighted by Crippen LogP contribution is -2.30. The lowest BCUT2D eigenvalue weighted by Gasteiger charge is -2.23. The first-order chi connectivity index (χ1) is 18.4. The fraction of sp³-hybridized carbons (Fsp3) is 0.733. The van der Waals surface area contributed by atoms with Gasteiger partial charge in [0.15, 0.2) is 12.6 Å². The molecule has 0 radical (unpaired) electrons. The van der Waals surface area contributed by atoms with Gasteiger partial charge in [0.2, 0.25) is 6.29 Å². The molecule has 38 heavy (non-hydrogen) atoms. The van der Waals surface area contributed by atoms with Gasteiger partial charge in [-0.1, -0.05) is 90.2 Å². The van der Waals surface area contributed by atoms with Gasteiger partial charge < -0.3 is 28.8 Å². The third kappa shape index (κ3) is 16.1. The number of carboxylic acid groups (broad SMARTS) is 1. The lowest BCUT2D eigenvalue weighted by atomic mass is 10.1. The average Bonchev–Trinajstić information content (AvgIpc) is 2.89. The summed E-state index contributed by atoms with van der Waals surface area (Å²) in [6, 6.07) is 5.89. The number of carbonyl (C=O) groups is 2. The molecule has 1 N–H and O–H groups in total. The summed E-state index contributed by atoms with van der Waals surface area (Å²) in [5.74, 6) is -1.97. The molecule has 1 aromatic rings. The standard InChI is InChI=1S/C30H50O8/c1-5-7-9-11-13-17-21-34-28(35-22-18-14-12-10-8-6-2)23-36-24(3)37-25(4)38-30(33)27-20-16-15-19-26(27)29(31)32/h15-16,19-20,24-25,28H,5-14,17-18,21-23H2,1-4H3,(H,31,32). The second-order valence-electron chi connectivity index (χ2n) is 9.57. The maximum atomic E-state index is 12.4. The summed E-state index contributed by atoms with van der Waals surface area (Å²) in [7, 11) is 0. The van der Waals surface area contributed by atoms with Crippen molar-refractivity contribution in [1.29, 1.82) is 0 Å². The number of carbonyl (C=O) groups excluding carboxylic acids is 1. The van der Waals surface area contributed by atoms with Crippen LogP contribution in [0.4, 0.5) is 0 Å². The number of benzene rings is 1. The van der Waals surface area contributed by atoms with Crippen LogP contribution in [0.3, 0.4) is 0 Å². The quantitative estimate of drug-likeness (QED) is 0.0828. The van der Waals surface area contributed by atoms with Gasteiger partial charge >= 0.3 is 11.9 Å². The monoisotopic (exact) mass is 538 g/mol. The molecule has 8 nitrogen and oxygen atoms in total. The van der Waals surface area contributed by atoms with Crippen LogP contribution in [0.1, 0.15) is 125 Å². The summed E-state index contributed by atoms with van der Waals surface area (Å²) in [6.07, 6.45) is 12.1. The van der Waals surface area contributed by atoms with E-state index < -0.39 is 30.8 Å². The zero-order valence-corrected chi connectivity index (χ0v) is 24.0. The van der Waals surface area contributed by atoms with Gasteiger partial charge in [-0.05, 0) is 38.8 Å². The Balaban J connectivity index is 2.45. The smallest absolute Gasteiger partial charge is 0.341 e. The Morgan fingerprint density at radius 2 is 1.21 bits per heavy atom. The van der Waals surface area contributed by atoms with E-state index in [4.69, 9.17) is 23.7 Å². The normalized spacial score (nSPS) is 13.0. The number of carboxylic acids is 1. The summed E-state index contributed by atoms with van der Waals surface area (Å²) < 4.78 is 28.6. The minimum atomic E-state index is -1.20. The highest BCUT2D eigenvalue weighted by Gasteiger charge is 2.21. The number of ether oxygens (including phenoxy) is 5. The van der Waals surface area contributed by atoms with Gasteiger partial charge in [-0.3, -0.25) is 0 Å². The van der Waals surface area contributed by atoms with Crippen molar-refractivity contribution in [3.8, 4) is 0 Å². The zero-order valence-electron chi connectivity index (χ0n) is 24.0. The Labute approximate surface area is 229 Å². The molecule has 0 aliphatic rings. The van der Waals surface area contributed by atoms with E-state index in [2.05, 4.69) is 13.8 Å². The van der Waals surface area contributed by atoms with E-state index >= 15 is 0 Å². The zero-order chi connectivity index (χ0) is 28.0. The summed E-state index contributed by atoms with van der Waals surface area (Å²) in [5, 5.41) is 9.28. The molecule has 0 amide bonds. The number of unbranched alkanes of at least 4 members (excludes halogenated alkanes) is 10. The first-order valence-corrected chi connectivity index (χ1v) is 14.4. The molecule has 0 aliphatic heterocycles.